The number of aryl methyl sites for hydroxylation is 1. The Bertz CT molecular complexity index is 544. The van der Waals surface area contributed by atoms with Crippen molar-refractivity contribution in [2.45, 2.75) is 52.6 Å². The van der Waals surface area contributed by atoms with Crippen molar-refractivity contribution in [2.24, 2.45) is 5.92 Å². The number of piperazine rings is 1. The van der Waals surface area contributed by atoms with E-state index in [0.29, 0.717) is 12.1 Å². The zero-order valence-corrected chi connectivity index (χ0v) is 13.1. The molecule has 3 unspecified atom stereocenters. The molecule has 1 saturated heterocycles. The number of rotatable bonds is 4. The van der Waals surface area contributed by atoms with E-state index in [1.807, 2.05) is 33.8 Å². The van der Waals surface area contributed by atoms with Crippen LogP contribution in [0.3, 0.4) is 0 Å². The zero-order chi connectivity index (χ0) is 15.6. The Morgan fingerprint density at radius 2 is 2.05 bits per heavy atom. The predicted octanol–water partition coefficient (Wildman–Crippen LogP) is 2.05. The van der Waals surface area contributed by atoms with Crippen LogP contribution in [0.2, 0.25) is 0 Å². The average Bonchev–Trinajstić information content (AvgIpc) is 2.47. The van der Waals surface area contributed by atoms with Crippen molar-refractivity contribution < 1.29 is 9.59 Å². The normalized spacial score (nSPS) is 23.9. The molecule has 1 fully saturated rings. The summed E-state index contributed by atoms with van der Waals surface area (Å²) < 4.78 is 0. The minimum Gasteiger partial charge on any atom is -0.342 e. The van der Waals surface area contributed by atoms with E-state index in [4.69, 9.17) is 0 Å². The Kier molecular flexibility index (Phi) is 4.60. The molecule has 1 aromatic heterocycles. The number of nitrogens with one attached hydrogen (secondary N) is 1. The molecular weight excluding hydrogens is 266 g/mol. The topological polar surface area (TPSA) is 62.3 Å². The summed E-state index contributed by atoms with van der Waals surface area (Å²) in [4.78, 5) is 31.0. The number of nitrogens with zero attached hydrogens (tertiary/aromatic N) is 2. The van der Waals surface area contributed by atoms with Gasteiger partial charge in [-0.25, -0.2) is 0 Å². The van der Waals surface area contributed by atoms with E-state index >= 15 is 0 Å². The summed E-state index contributed by atoms with van der Waals surface area (Å²) in [6.45, 7) is 7.85. The fraction of sp³-hybridized carbons (Fsp3) is 0.562. The van der Waals surface area contributed by atoms with Crippen LogP contribution >= 0.6 is 0 Å². The first-order valence-electron chi connectivity index (χ1n) is 7.54. The highest BCUT2D eigenvalue weighted by Crippen LogP contribution is 2.26. The van der Waals surface area contributed by atoms with Crippen molar-refractivity contribution in [3.8, 4) is 0 Å². The lowest BCUT2D eigenvalue weighted by Crippen LogP contribution is -2.65. The SMILES string of the molecule is CCC(C)C1NC(=O)C(CC)N(c2cncc(C)c2)C1=O. The van der Waals surface area contributed by atoms with E-state index in [-0.39, 0.29) is 17.7 Å². The van der Waals surface area contributed by atoms with E-state index in [0.717, 1.165) is 12.0 Å². The molecule has 1 aromatic rings. The molecular formula is C16H23N3O2. The summed E-state index contributed by atoms with van der Waals surface area (Å²) in [6.07, 6.45) is 4.82. The molecule has 1 aliphatic rings. The van der Waals surface area contributed by atoms with Gasteiger partial charge in [0.1, 0.15) is 12.1 Å². The molecule has 3 atom stereocenters. The Balaban J connectivity index is 2.42. The number of pyridine rings is 1. The fourth-order valence-electron chi connectivity index (χ4n) is 2.70. The Hall–Kier alpha value is -1.91. The molecule has 0 bridgehead atoms. The number of hydrogen-bond acceptors (Lipinski definition) is 3. The minimum atomic E-state index is -0.457. The average molecular weight is 289 g/mol. The first kappa shape index (κ1) is 15.5. The Morgan fingerprint density at radius 3 is 2.62 bits per heavy atom. The Morgan fingerprint density at radius 1 is 1.33 bits per heavy atom. The quantitative estimate of drug-likeness (QED) is 0.922. The summed E-state index contributed by atoms with van der Waals surface area (Å²) in [5, 5.41) is 2.88. The van der Waals surface area contributed by atoms with Gasteiger partial charge >= 0.3 is 0 Å². The smallest absolute Gasteiger partial charge is 0.250 e. The van der Waals surface area contributed by atoms with E-state index < -0.39 is 12.1 Å². The molecule has 0 radical (unpaired) electrons. The summed E-state index contributed by atoms with van der Waals surface area (Å²) in [5.41, 5.74) is 1.68. The predicted molar refractivity (Wildman–Crippen MR) is 81.9 cm³/mol. The molecule has 2 amide bonds. The number of amides is 2. The largest absolute Gasteiger partial charge is 0.342 e. The van der Waals surface area contributed by atoms with E-state index in [1.165, 1.54) is 0 Å². The highest BCUT2D eigenvalue weighted by atomic mass is 16.2. The number of carbonyl (C=O) groups is 2. The molecule has 21 heavy (non-hydrogen) atoms. The van der Waals surface area contributed by atoms with Crippen LogP contribution in [0, 0.1) is 12.8 Å². The van der Waals surface area contributed by atoms with Gasteiger partial charge in [-0.3, -0.25) is 19.5 Å². The maximum atomic E-state index is 12.8. The van der Waals surface area contributed by atoms with Crippen LogP contribution in [0.5, 0.6) is 0 Å². The van der Waals surface area contributed by atoms with E-state index in [2.05, 4.69) is 10.3 Å². The van der Waals surface area contributed by atoms with E-state index in [9.17, 15) is 9.59 Å². The van der Waals surface area contributed by atoms with Crippen LogP contribution in [-0.4, -0.2) is 28.9 Å². The lowest BCUT2D eigenvalue weighted by molar-refractivity contribution is -0.135. The van der Waals surface area contributed by atoms with Gasteiger partial charge in [-0.1, -0.05) is 27.2 Å². The van der Waals surface area contributed by atoms with Crippen molar-refractivity contribution in [1.82, 2.24) is 10.3 Å². The second kappa shape index (κ2) is 6.24. The van der Waals surface area contributed by atoms with Crippen molar-refractivity contribution in [2.75, 3.05) is 4.90 Å². The van der Waals surface area contributed by atoms with Crippen molar-refractivity contribution >= 4 is 17.5 Å². The molecule has 2 heterocycles. The van der Waals surface area contributed by atoms with E-state index in [1.54, 1.807) is 17.3 Å². The summed E-state index contributed by atoms with van der Waals surface area (Å²) in [5.74, 6) is -0.00775. The molecule has 5 heteroatoms. The zero-order valence-electron chi connectivity index (χ0n) is 13.1. The van der Waals surface area contributed by atoms with Crippen LogP contribution in [0.15, 0.2) is 18.5 Å². The molecule has 114 valence electrons. The second-order valence-electron chi connectivity index (χ2n) is 5.72. The fourth-order valence-corrected chi connectivity index (χ4v) is 2.70. The molecule has 0 aliphatic carbocycles. The summed E-state index contributed by atoms with van der Waals surface area (Å²) >= 11 is 0. The second-order valence-corrected chi connectivity index (χ2v) is 5.72. The first-order valence-corrected chi connectivity index (χ1v) is 7.54. The van der Waals surface area contributed by atoms with Crippen molar-refractivity contribution in [3.63, 3.8) is 0 Å². The third-order valence-electron chi connectivity index (χ3n) is 4.15. The maximum Gasteiger partial charge on any atom is 0.250 e. The third kappa shape index (κ3) is 2.91. The van der Waals surface area contributed by atoms with Gasteiger partial charge in [-0.05, 0) is 30.9 Å². The highest BCUT2D eigenvalue weighted by Gasteiger charge is 2.42. The molecule has 0 aromatic carbocycles. The summed E-state index contributed by atoms with van der Waals surface area (Å²) in [6, 6.07) is 0.993. The van der Waals surface area contributed by atoms with Gasteiger partial charge in [0.05, 0.1) is 11.9 Å². The highest BCUT2D eigenvalue weighted by molar-refractivity contribution is 6.08. The van der Waals surface area contributed by atoms with Gasteiger partial charge in [-0.2, -0.15) is 0 Å². The molecule has 0 saturated carbocycles. The molecule has 0 spiro atoms. The molecule has 2 rings (SSSR count). The van der Waals surface area contributed by atoms with Gasteiger partial charge in [0.15, 0.2) is 0 Å². The molecule has 1 aliphatic heterocycles. The van der Waals surface area contributed by atoms with Gasteiger partial charge in [-0.15, -0.1) is 0 Å². The standard InChI is InChI=1S/C16H23N3O2/c1-5-11(4)14-16(21)19(13(6-2)15(20)18-14)12-7-10(3)8-17-9-12/h7-9,11,13-14H,5-6H2,1-4H3,(H,18,20). The van der Waals surface area contributed by atoms with Gasteiger partial charge in [0, 0.05) is 6.20 Å². The number of aromatic nitrogens is 1. The Labute approximate surface area is 125 Å². The summed E-state index contributed by atoms with van der Waals surface area (Å²) in [7, 11) is 0. The van der Waals surface area contributed by atoms with Crippen LogP contribution in [0.1, 0.15) is 39.2 Å². The van der Waals surface area contributed by atoms with Crippen LogP contribution in [0.25, 0.3) is 0 Å². The van der Waals surface area contributed by atoms with Crippen molar-refractivity contribution in [3.05, 3.63) is 24.0 Å². The maximum absolute atomic E-state index is 12.8. The minimum absolute atomic E-state index is 0.0387. The van der Waals surface area contributed by atoms with Gasteiger partial charge in [0.25, 0.3) is 5.91 Å². The number of hydrogen-bond donors (Lipinski definition) is 1. The van der Waals surface area contributed by atoms with Crippen molar-refractivity contribution in [1.29, 1.82) is 0 Å². The number of anilines is 1. The van der Waals surface area contributed by atoms with Crippen LogP contribution in [-0.2, 0) is 9.59 Å². The van der Waals surface area contributed by atoms with Gasteiger partial charge < -0.3 is 5.32 Å². The lowest BCUT2D eigenvalue weighted by atomic mass is 9.93. The van der Waals surface area contributed by atoms with Crippen LogP contribution < -0.4 is 10.2 Å². The third-order valence-corrected chi connectivity index (χ3v) is 4.15. The number of carbonyl (C=O) groups excluding carboxylic acids is 2. The monoisotopic (exact) mass is 289 g/mol. The lowest BCUT2D eigenvalue weighted by Gasteiger charge is -2.40. The molecule has 1 N–H and O–H groups in total. The van der Waals surface area contributed by atoms with Gasteiger partial charge in [0.2, 0.25) is 5.91 Å². The molecule has 5 nitrogen and oxygen atoms in total. The first-order chi connectivity index (χ1) is 9.99. The van der Waals surface area contributed by atoms with Crippen LogP contribution in [0.4, 0.5) is 5.69 Å².